The number of hydrogen-bond donors (Lipinski definition) is 0. The van der Waals surface area contributed by atoms with Crippen molar-refractivity contribution in [2.75, 3.05) is 27.3 Å². The summed E-state index contributed by atoms with van der Waals surface area (Å²) in [6.07, 6.45) is 0.423. The zero-order valence-corrected chi connectivity index (χ0v) is 13.7. The minimum Gasteiger partial charge on any atom is -0.493 e. The molecule has 0 saturated heterocycles. The van der Waals surface area contributed by atoms with Crippen LogP contribution in [0.3, 0.4) is 0 Å². The molecule has 1 amide bonds. The van der Waals surface area contributed by atoms with Crippen LogP contribution in [0.2, 0.25) is 0 Å². The molecule has 4 nitrogen and oxygen atoms in total. The van der Waals surface area contributed by atoms with Crippen LogP contribution in [0.15, 0.2) is 30.3 Å². The molecule has 0 aliphatic heterocycles. The number of benzene rings is 2. The third-order valence-electron chi connectivity index (χ3n) is 3.88. The molecule has 118 valence electrons. The normalized spacial score (nSPS) is 10.5. The molecule has 0 fully saturated rings. The van der Waals surface area contributed by atoms with Crippen LogP contribution >= 0.6 is 0 Å². The van der Waals surface area contributed by atoms with Crippen molar-refractivity contribution in [3.8, 4) is 11.5 Å². The van der Waals surface area contributed by atoms with Gasteiger partial charge in [-0.05, 0) is 42.3 Å². The van der Waals surface area contributed by atoms with Crippen LogP contribution in [0.4, 0.5) is 0 Å². The Hall–Kier alpha value is -2.23. The zero-order chi connectivity index (χ0) is 16.1. The van der Waals surface area contributed by atoms with Gasteiger partial charge in [-0.1, -0.05) is 18.2 Å². The van der Waals surface area contributed by atoms with E-state index < -0.39 is 0 Å². The van der Waals surface area contributed by atoms with E-state index in [2.05, 4.69) is 0 Å². The molecule has 2 aromatic rings. The highest BCUT2D eigenvalue weighted by Gasteiger charge is 2.11. The molecule has 0 aliphatic carbocycles. The molecule has 22 heavy (non-hydrogen) atoms. The molecule has 0 atom stereocenters. The Morgan fingerprint density at radius 2 is 1.55 bits per heavy atom. The van der Waals surface area contributed by atoms with Gasteiger partial charge in [-0.25, -0.2) is 0 Å². The van der Waals surface area contributed by atoms with Crippen LogP contribution in [0, 0.1) is 0 Å². The second-order valence-electron chi connectivity index (χ2n) is 5.13. The van der Waals surface area contributed by atoms with Crippen LogP contribution in [-0.4, -0.2) is 38.1 Å². The predicted molar refractivity (Wildman–Crippen MR) is 88.7 cm³/mol. The maximum Gasteiger partial charge on any atom is 0.226 e. The van der Waals surface area contributed by atoms with Crippen molar-refractivity contribution in [1.82, 2.24) is 4.90 Å². The summed E-state index contributed by atoms with van der Waals surface area (Å²) in [4.78, 5) is 14.1. The summed E-state index contributed by atoms with van der Waals surface area (Å²) in [6.45, 7) is 5.49. The number of carbonyl (C=O) groups excluding carboxylic acids is 1. The fourth-order valence-corrected chi connectivity index (χ4v) is 2.60. The van der Waals surface area contributed by atoms with Gasteiger partial charge in [0.2, 0.25) is 5.91 Å². The molecule has 2 aromatic carbocycles. The fourth-order valence-electron chi connectivity index (χ4n) is 2.60. The fraction of sp³-hybridized carbons (Fsp3) is 0.389. The van der Waals surface area contributed by atoms with E-state index in [9.17, 15) is 4.79 Å². The van der Waals surface area contributed by atoms with Crippen LogP contribution in [-0.2, 0) is 11.2 Å². The second-order valence-corrected chi connectivity index (χ2v) is 5.13. The number of ether oxygens (including phenoxy) is 2. The van der Waals surface area contributed by atoms with Crippen molar-refractivity contribution in [2.45, 2.75) is 20.3 Å². The highest BCUT2D eigenvalue weighted by molar-refractivity contribution is 5.88. The van der Waals surface area contributed by atoms with Gasteiger partial charge in [0.15, 0.2) is 11.5 Å². The molecule has 0 saturated carbocycles. The molecule has 4 heteroatoms. The highest BCUT2D eigenvalue weighted by atomic mass is 16.5. The SMILES string of the molecule is CCN(CC)C(=O)Cc1ccc2cc(OC)c(OC)cc2c1. The summed E-state index contributed by atoms with van der Waals surface area (Å²) in [5.41, 5.74) is 1.01. The third kappa shape index (κ3) is 3.32. The minimum absolute atomic E-state index is 0.157. The summed E-state index contributed by atoms with van der Waals surface area (Å²) < 4.78 is 10.7. The minimum atomic E-state index is 0.157. The van der Waals surface area contributed by atoms with Gasteiger partial charge >= 0.3 is 0 Å². The number of fused-ring (bicyclic) bond motifs is 1. The lowest BCUT2D eigenvalue weighted by Gasteiger charge is -2.18. The first kappa shape index (κ1) is 16.1. The van der Waals surface area contributed by atoms with Gasteiger partial charge in [-0.3, -0.25) is 4.79 Å². The van der Waals surface area contributed by atoms with Crippen molar-refractivity contribution in [3.05, 3.63) is 35.9 Å². The largest absolute Gasteiger partial charge is 0.493 e. The molecule has 0 heterocycles. The molecular weight excluding hydrogens is 278 g/mol. The maximum atomic E-state index is 12.2. The molecule has 0 spiro atoms. The van der Waals surface area contributed by atoms with Gasteiger partial charge in [0.25, 0.3) is 0 Å². The Bertz CT molecular complexity index is 663. The number of carbonyl (C=O) groups is 1. The molecule has 0 bridgehead atoms. The number of hydrogen-bond acceptors (Lipinski definition) is 3. The average molecular weight is 301 g/mol. The van der Waals surface area contributed by atoms with E-state index in [-0.39, 0.29) is 5.91 Å². The van der Waals surface area contributed by atoms with Crippen LogP contribution in [0.25, 0.3) is 10.8 Å². The summed E-state index contributed by atoms with van der Waals surface area (Å²) >= 11 is 0. The first-order chi connectivity index (χ1) is 10.6. The van der Waals surface area contributed by atoms with Gasteiger partial charge in [-0.15, -0.1) is 0 Å². The summed E-state index contributed by atoms with van der Waals surface area (Å²) in [7, 11) is 3.25. The van der Waals surface area contributed by atoms with Crippen molar-refractivity contribution in [2.24, 2.45) is 0 Å². The Morgan fingerprint density at radius 1 is 0.955 bits per heavy atom. The average Bonchev–Trinajstić information content (AvgIpc) is 2.54. The maximum absolute atomic E-state index is 12.2. The first-order valence-electron chi connectivity index (χ1n) is 7.55. The predicted octanol–water partition coefficient (Wildman–Crippen LogP) is 3.27. The van der Waals surface area contributed by atoms with Crippen molar-refractivity contribution >= 4 is 16.7 Å². The monoisotopic (exact) mass is 301 g/mol. The Labute approximate surface area is 131 Å². The molecule has 0 aromatic heterocycles. The topological polar surface area (TPSA) is 38.8 Å². The Kier molecular flexibility index (Phi) is 5.26. The van der Waals surface area contributed by atoms with Gasteiger partial charge in [0.05, 0.1) is 20.6 Å². The number of nitrogens with zero attached hydrogens (tertiary/aromatic N) is 1. The van der Waals surface area contributed by atoms with E-state index in [0.29, 0.717) is 17.9 Å². The van der Waals surface area contributed by atoms with Gasteiger partial charge in [0, 0.05) is 13.1 Å². The number of rotatable bonds is 6. The number of amides is 1. The van der Waals surface area contributed by atoms with Crippen molar-refractivity contribution < 1.29 is 14.3 Å². The van der Waals surface area contributed by atoms with Crippen LogP contribution in [0.5, 0.6) is 11.5 Å². The highest BCUT2D eigenvalue weighted by Crippen LogP contribution is 2.32. The number of methoxy groups -OCH3 is 2. The quantitative estimate of drug-likeness (QED) is 0.822. The van der Waals surface area contributed by atoms with E-state index in [4.69, 9.17) is 9.47 Å². The van der Waals surface area contributed by atoms with E-state index in [1.54, 1.807) is 14.2 Å². The summed E-state index contributed by atoms with van der Waals surface area (Å²) in [5.74, 6) is 1.56. The van der Waals surface area contributed by atoms with Crippen molar-refractivity contribution in [3.63, 3.8) is 0 Å². The van der Waals surface area contributed by atoms with Gasteiger partial charge in [-0.2, -0.15) is 0 Å². The summed E-state index contributed by atoms with van der Waals surface area (Å²) in [6, 6.07) is 9.94. The van der Waals surface area contributed by atoms with E-state index in [1.807, 2.05) is 49.1 Å². The zero-order valence-electron chi connectivity index (χ0n) is 13.7. The van der Waals surface area contributed by atoms with Gasteiger partial charge < -0.3 is 14.4 Å². The van der Waals surface area contributed by atoms with Crippen LogP contribution < -0.4 is 9.47 Å². The first-order valence-corrected chi connectivity index (χ1v) is 7.55. The Morgan fingerprint density at radius 3 is 2.09 bits per heavy atom. The summed E-state index contributed by atoms with van der Waals surface area (Å²) in [5, 5.41) is 2.11. The lowest BCUT2D eigenvalue weighted by atomic mass is 10.0. The van der Waals surface area contributed by atoms with Crippen LogP contribution in [0.1, 0.15) is 19.4 Å². The number of likely N-dealkylation sites (N-methyl/N-ethyl adjacent to an activating group) is 1. The lowest BCUT2D eigenvalue weighted by molar-refractivity contribution is -0.130. The second kappa shape index (κ2) is 7.16. The van der Waals surface area contributed by atoms with E-state index >= 15 is 0 Å². The Balaban J connectivity index is 2.32. The molecule has 0 unspecified atom stereocenters. The van der Waals surface area contributed by atoms with E-state index in [0.717, 1.165) is 29.4 Å². The van der Waals surface area contributed by atoms with E-state index in [1.165, 1.54) is 0 Å². The smallest absolute Gasteiger partial charge is 0.226 e. The van der Waals surface area contributed by atoms with Crippen molar-refractivity contribution in [1.29, 1.82) is 0 Å². The standard InChI is InChI=1S/C18H23NO3/c1-5-19(6-2)18(20)10-13-7-8-14-11-16(21-3)17(22-4)12-15(14)9-13/h7-9,11-12H,5-6,10H2,1-4H3. The third-order valence-corrected chi connectivity index (χ3v) is 3.88. The molecular formula is C18H23NO3. The molecule has 2 rings (SSSR count). The molecule has 0 N–H and O–H groups in total. The van der Waals surface area contributed by atoms with Gasteiger partial charge in [0.1, 0.15) is 0 Å². The molecule has 0 radical (unpaired) electrons. The molecule has 0 aliphatic rings. The lowest BCUT2D eigenvalue weighted by Crippen LogP contribution is -2.31.